The standard InChI is InChI=1S/C20H24N2O3S/c1-14-5-7-15(8-6-14)22-18(24)10-9-16(20(25)21-11-3-12-23)19(22)17-4-2-13-26-17/h2,4-8,13,16,19,23H,3,9-12H2,1H3,(H,21,25). The van der Waals surface area contributed by atoms with Gasteiger partial charge in [0.05, 0.1) is 12.0 Å². The molecule has 1 fully saturated rings. The fourth-order valence-electron chi connectivity index (χ4n) is 3.38. The van der Waals surface area contributed by atoms with Gasteiger partial charge in [-0.1, -0.05) is 23.8 Å². The average Bonchev–Trinajstić information content (AvgIpc) is 3.17. The SMILES string of the molecule is Cc1ccc(N2C(=O)CCC(C(=O)NCCCO)C2c2cccs2)cc1. The predicted octanol–water partition coefficient (Wildman–Crippen LogP) is 3.04. The highest BCUT2D eigenvalue weighted by Gasteiger charge is 2.41. The third-order valence-electron chi connectivity index (χ3n) is 4.71. The summed E-state index contributed by atoms with van der Waals surface area (Å²) in [4.78, 5) is 28.4. The number of benzene rings is 1. The topological polar surface area (TPSA) is 69.6 Å². The first-order valence-electron chi connectivity index (χ1n) is 8.92. The molecule has 2 unspecified atom stereocenters. The minimum absolute atomic E-state index is 0.0478. The number of rotatable bonds is 6. The van der Waals surface area contributed by atoms with Crippen LogP contribution in [0.4, 0.5) is 5.69 Å². The lowest BCUT2D eigenvalue weighted by Gasteiger charge is -2.40. The summed E-state index contributed by atoms with van der Waals surface area (Å²) in [6, 6.07) is 11.5. The number of aliphatic hydroxyl groups excluding tert-OH is 1. The number of thiophene rings is 1. The van der Waals surface area contributed by atoms with Crippen LogP contribution in [0.25, 0.3) is 0 Å². The second kappa shape index (κ2) is 8.47. The number of hydrogen-bond donors (Lipinski definition) is 2. The van der Waals surface area contributed by atoms with E-state index in [0.29, 0.717) is 25.8 Å². The maximum absolute atomic E-state index is 12.8. The van der Waals surface area contributed by atoms with Gasteiger partial charge in [-0.3, -0.25) is 9.59 Å². The Morgan fingerprint density at radius 2 is 2.08 bits per heavy atom. The van der Waals surface area contributed by atoms with Gasteiger partial charge in [-0.2, -0.15) is 0 Å². The molecule has 2 amide bonds. The molecule has 2 heterocycles. The molecule has 1 aliphatic heterocycles. The van der Waals surface area contributed by atoms with E-state index in [1.165, 1.54) is 0 Å². The third-order valence-corrected chi connectivity index (χ3v) is 5.66. The van der Waals surface area contributed by atoms with Crippen molar-refractivity contribution in [3.8, 4) is 0 Å². The first-order chi connectivity index (χ1) is 12.6. The highest BCUT2D eigenvalue weighted by molar-refractivity contribution is 7.10. The molecule has 1 aromatic heterocycles. The van der Waals surface area contributed by atoms with Crippen LogP contribution in [-0.2, 0) is 9.59 Å². The Morgan fingerprint density at radius 1 is 1.31 bits per heavy atom. The van der Waals surface area contributed by atoms with Gasteiger partial charge in [-0.05, 0) is 43.3 Å². The summed E-state index contributed by atoms with van der Waals surface area (Å²) < 4.78 is 0. The normalized spacial score (nSPS) is 20.2. The molecule has 2 atom stereocenters. The van der Waals surface area contributed by atoms with Crippen LogP contribution in [0.3, 0.4) is 0 Å². The van der Waals surface area contributed by atoms with Crippen LogP contribution in [-0.4, -0.2) is 30.1 Å². The van der Waals surface area contributed by atoms with E-state index in [9.17, 15) is 9.59 Å². The number of carbonyl (C=O) groups excluding carboxylic acids is 2. The zero-order chi connectivity index (χ0) is 18.5. The monoisotopic (exact) mass is 372 g/mol. The molecule has 26 heavy (non-hydrogen) atoms. The van der Waals surface area contributed by atoms with Crippen molar-refractivity contribution in [2.24, 2.45) is 5.92 Å². The Hall–Kier alpha value is -2.18. The maximum Gasteiger partial charge on any atom is 0.227 e. The molecule has 138 valence electrons. The second-order valence-corrected chi connectivity index (χ2v) is 7.55. The van der Waals surface area contributed by atoms with Gasteiger partial charge in [0, 0.05) is 30.1 Å². The molecule has 1 saturated heterocycles. The van der Waals surface area contributed by atoms with Crippen molar-refractivity contribution in [2.45, 2.75) is 32.2 Å². The lowest BCUT2D eigenvalue weighted by atomic mass is 9.86. The zero-order valence-corrected chi connectivity index (χ0v) is 15.7. The van der Waals surface area contributed by atoms with E-state index >= 15 is 0 Å². The Labute approximate surface area is 157 Å². The molecular formula is C20H24N2O3S. The van der Waals surface area contributed by atoms with Gasteiger partial charge in [-0.25, -0.2) is 0 Å². The van der Waals surface area contributed by atoms with Gasteiger partial charge in [0.15, 0.2) is 0 Å². The van der Waals surface area contributed by atoms with Crippen molar-refractivity contribution in [3.63, 3.8) is 0 Å². The number of aryl methyl sites for hydroxylation is 1. The molecule has 0 saturated carbocycles. The summed E-state index contributed by atoms with van der Waals surface area (Å²) in [5, 5.41) is 13.8. The zero-order valence-electron chi connectivity index (χ0n) is 14.9. The summed E-state index contributed by atoms with van der Waals surface area (Å²) in [5.41, 5.74) is 1.95. The fourth-order valence-corrected chi connectivity index (χ4v) is 4.26. The number of hydrogen-bond acceptors (Lipinski definition) is 4. The highest BCUT2D eigenvalue weighted by atomic mass is 32.1. The summed E-state index contributed by atoms with van der Waals surface area (Å²) in [7, 11) is 0. The van der Waals surface area contributed by atoms with Crippen molar-refractivity contribution in [2.75, 3.05) is 18.1 Å². The molecule has 0 bridgehead atoms. The van der Waals surface area contributed by atoms with Crippen LogP contribution in [0.1, 0.15) is 35.7 Å². The number of piperidine rings is 1. The van der Waals surface area contributed by atoms with Gasteiger partial charge in [0.25, 0.3) is 0 Å². The lowest BCUT2D eigenvalue weighted by Crippen LogP contribution is -2.48. The number of nitrogens with zero attached hydrogens (tertiary/aromatic N) is 1. The quantitative estimate of drug-likeness (QED) is 0.766. The molecular weight excluding hydrogens is 348 g/mol. The van der Waals surface area contributed by atoms with Gasteiger partial charge in [0.2, 0.25) is 11.8 Å². The number of amides is 2. The Morgan fingerprint density at radius 3 is 2.73 bits per heavy atom. The van der Waals surface area contributed by atoms with E-state index in [2.05, 4.69) is 5.32 Å². The smallest absolute Gasteiger partial charge is 0.227 e. The molecule has 1 aromatic carbocycles. The Bertz CT molecular complexity index is 743. The van der Waals surface area contributed by atoms with Crippen LogP contribution in [0, 0.1) is 12.8 Å². The van der Waals surface area contributed by atoms with Gasteiger partial charge in [-0.15, -0.1) is 11.3 Å². The van der Waals surface area contributed by atoms with Gasteiger partial charge < -0.3 is 15.3 Å². The molecule has 0 spiro atoms. The van der Waals surface area contributed by atoms with Crippen molar-refractivity contribution in [3.05, 3.63) is 52.2 Å². The number of aliphatic hydroxyl groups is 1. The van der Waals surface area contributed by atoms with Crippen molar-refractivity contribution in [1.29, 1.82) is 0 Å². The Balaban J connectivity index is 1.93. The van der Waals surface area contributed by atoms with Crippen LogP contribution in [0.5, 0.6) is 0 Å². The summed E-state index contributed by atoms with van der Waals surface area (Å²) >= 11 is 1.57. The van der Waals surface area contributed by atoms with E-state index in [1.54, 1.807) is 16.2 Å². The van der Waals surface area contributed by atoms with Crippen molar-refractivity contribution < 1.29 is 14.7 Å². The minimum atomic E-state index is -0.300. The molecule has 3 rings (SSSR count). The first kappa shape index (κ1) is 18.6. The molecule has 2 aromatic rings. The minimum Gasteiger partial charge on any atom is -0.396 e. The van der Waals surface area contributed by atoms with Crippen LogP contribution >= 0.6 is 11.3 Å². The van der Waals surface area contributed by atoms with Crippen LogP contribution in [0.2, 0.25) is 0 Å². The van der Waals surface area contributed by atoms with E-state index in [1.807, 2.05) is 48.7 Å². The first-order valence-corrected chi connectivity index (χ1v) is 9.80. The number of carbonyl (C=O) groups is 2. The molecule has 1 aliphatic rings. The summed E-state index contributed by atoms with van der Waals surface area (Å²) in [5.74, 6) is -0.306. The maximum atomic E-state index is 12.8. The lowest BCUT2D eigenvalue weighted by molar-refractivity contribution is -0.129. The van der Waals surface area contributed by atoms with Crippen molar-refractivity contribution in [1.82, 2.24) is 5.32 Å². The summed E-state index contributed by atoms with van der Waals surface area (Å²) in [6.07, 6.45) is 1.42. The Kier molecular flexibility index (Phi) is 6.06. The molecule has 5 nitrogen and oxygen atoms in total. The molecule has 0 radical (unpaired) electrons. The second-order valence-electron chi connectivity index (χ2n) is 6.57. The van der Waals surface area contributed by atoms with Crippen LogP contribution in [0.15, 0.2) is 41.8 Å². The molecule has 0 aliphatic carbocycles. The number of nitrogens with one attached hydrogen (secondary N) is 1. The van der Waals surface area contributed by atoms with E-state index in [0.717, 1.165) is 16.1 Å². The van der Waals surface area contributed by atoms with Gasteiger partial charge in [0.1, 0.15) is 0 Å². The predicted molar refractivity (Wildman–Crippen MR) is 103 cm³/mol. The van der Waals surface area contributed by atoms with Crippen LogP contribution < -0.4 is 10.2 Å². The van der Waals surface area contributed by atoms with E-state index < -0.39 is 0 Å². The van der Waals surface area contributed by atoms with E-state index in [-0.39, 0.29) is 30.4 Å². The van der Waals surface area contributed by atoms with Gasteiger partial charge >= 0.3 is 0 Å². The fraction of sp³-hybridized carbons (Fsp3) is 0.400. The molecule has 2 N–H and O–H groups in total. The molecule has 6 heteroatoms. The number of anilines is 1. The summed E-state index contributed by atoms with van der Waals surface area (Å²) in [6.45, 7) is 2.50. The average molecular weight is 372 g/mol. The largest absolute Gasteiger partial charge is 0.396 e. The van der Waals surface area contributed by atoms with E-state index in [4.69, 9.17) is 5.11 Å². The van der Waals surface area contributed by atoms with Crippen molar-refractivity contribution >= 4 is 28.8 Å². The highest BCUT2D eigenvalue weighted by Crippen LogP contribution is 2.41. The third kappa shape index (κ3) is 3.97.